The van der Waals surface area contributed by atoms with Crippen molar-refractivity contribution < 1.29 is 5.11 Å². The number of nitrogens with zero attached hydrogens (tertiary/aromatic N) is 1. The number of hydrogen-bond donors (Lipinski definition) is 1. The van der Waals surface area contributed by atoms with Crippen LogP contribution in [0.15, 0.2) is 0 Å². The molecule has 1 aliphatic heterocycles. The molecule has 0 aromatic rings. The monoisotopic (exact) mass is 199 g/mol. The number of β-amino-alcohol motifs (C(OH)–C–C–N with tert-alkyl or cyclic N) is 1. The molecule has 0 bridgehead atoms. The summed E-state index contributed by atoms with van der Waals surface area (Å²) in [5.41, 5.74) is -0.391. The van der Waals surface area contributed by atoms with E-state index in [2.05, 4.69) is 32.6 Å². The largest absolute Gasteiger partial charge is 0.387 e. The maximum absolute atomic E-state index is 10.0. The van der Waals surface area contributed by atoms with E-state index >= 15 is 0 Å². The molecule has 84 valence electrons. The van der Waals surface area contributed by atoms with Crippen molar-refractivity contribution in [3.63, 3.8) is 0 Å². The first kappa shape index (κ1) is 12.0. The molecule has 0 radical (unpaired) electrons. The van der Waals surface area contributed by atoms with Gasteiger partial charge in [0.1, 0.15) is 0 Å². The van der Waals surface area contributed by atoms with Gasteiger partial charge in [0.25, 0.3) is 0 Å². The Morgan fingerprint density at radius 1 is 1.21 bits per heavy atom. The molecule has 0 aromatic carbocycles. The minimum atomic E-state index is -0.391. The average Bonchev–Trinajstić information content (AvgIpc) is 1.99. The zero-order valence-corrected chi connectivity index (χ0v) is 10.1. The molecule has 2 nitrogen and oxygen atoms in total. The summed E-state index contributed by atoms with van der Waals surface area (Å²) >= 11 is 0. The number of rotatable bonds is 5. The summed E-state index contributed by atoms with van der Waals surface area (Å²) in [6, 6.07) is 0. The van der Waals surface area contributed by atoms with Gasteiger partial charge in [0.05, 0.1) is 5.60 Å². The topological polar surface area (TPSA) is 23.5 Å². The highest BCUT2D eigenvalue weighted by Gasteiger charge is 2.42. The first-order valence-electron chi connectivity index (χ1n) is 5.89. The molecule has 0 atom stereocenters. The lowest BCUT2D eigenvalue weighted by atomic mass is 9.83. The Hall–Kier alpha value is -0.0800. The third-order valence-corrected chi connectivity index (χ3v) is 3.33. The van der Waals surface area contributed by atoms with Crippen LogP contribution in [-0.2, 0) is 0 Å². The van der Waals surface area contributed by atoms with E-state index in [1.807, 2.05) is 0 Å². The Bertz CT molecular complexity index is 171. The van der Waals surface area contributed by atoms with Crippen LogP contribution in [0, 0.1) is 11.8 Å². The molecule has 1 fully saturated rings. The summed E-state index contributed by atoms with van der Waals surface area (Å²) in [4.78, 5) is 2.36. The van der Waals surface area contributed by atoms with Gasteiger partial charge in [0.15, 0.2) is 0 Å². The highest BCUT2D eigenvalue weighted by Crippen LogP contribution is 2.28. The molecular weight excluding hydrogens is 174 g/mol. The maximum atomic E-state index is 10.0. The molecule has 1 aliphatic rings. The van der Waals surface area contributed by atoms with Crippen molar-refractivity contribution in [1.29, 1.82) is 0 Å². The average molecular weight is 199 g/mol. The highest BCUT2D eigenvalue weighted by atomic mass is 16.3. The van der Waals surface area contributed by atoms with Crippen molar-refractivity contribution in [1.82, 2.24) is 4.90 Å². The summed E-state index contributed by atoms with van der Waals surface area (Å²) in [7, 11) is 0. The normalized spacial score (nSPS) is 21.6. The molecule has 0 aliphatic carbocycles. The minimum Gasteiger partial charge on any atom is -0.387 e. The summed E-state index contributed by atoms with van der Waals surface area (Å²) in [6.45, 7) is 11.6. The summed E-state index contributed by atoms with van der Waals surface area (Å²) in [6.07, 6.45) is 2.57. The third-order valence-electron chi connectivity index (χ3n) is 3.33. The Labute approximate surface area is 88.3 Å². The fourth-order valence-electron chi connectivity index (χ4n) is 1.97. The van der Waals surface area contributed by atoms with E-state index < -0.39 is 5.60 Å². The number of hydrogen-bond acceptors (Lipinski definition) is 2. The first-order valence-corrected chi connectivity index (χ1v) is 5.89. The van der Waals surface area contributed by atoms with Gasteiger partial charge >= 0.3 is 0 Å². The Kier molecular flexibility index (Phi) is 3.96. The maximum Gasteiger partial charge on any atom is 0.0922 e. The smallest absolute Gasteiger partial charge is 0.0922 e. The van der Waals surface area contributed by atoms with Gasteiger partial charge in [-0.1, -0.05) is 27.7 Å². The highest BCUT2D eigenvalue weighted by molar-refractivity contribution is 4.97. The van der Waals surface area contributed by atoms with Gasteiger partial charge in [-0.15, -0.1) is 0 Å². The fourth-order valence-corrected chi connectivity index (χ4v) is 1.97. The van der Waals surface area contributed by atoms with Crippen molar-refractivity contribution in [3.05, 3.63) is 0 Å². The predicted molar refractivity (Wildman–Crippen MR) is 60.3 cm³/mol. The molecule has 14 heavy (non-hydrogen) atoms. The molecule has 1 N–H and O–H groups in total. The van der Waals surface area contributed by atoms with Crippen LogP contribution in [-0.4, -0.2) is 35.2 Å². The molecule has 0 unspecified atom stereocenters. The molecule has 2 heteroatoms. The van der Waals surface area contributed by atoms with Gasteiger partial charge < -0.3 is 5.11 Å². The quantitative estimate of drug-likeness (QED) is 0.733. The van der Waals surface area contributed by atoms with Crippen LogP contribution in [0.4, 0.5) is 0 Å². The van der Waals surface area contributed by atoms with Gasteiger partial charge in [0, 0.05) is 13.1 Å². The van der Waals surface area contributed by atoms with Crippen LogP contribution in [0.3, 0.4) is 0 Å². The van der Waals surface area contributed by atoms with E-state index in [4.69, 9.17) is 0 Å². The zero-order chi connectivity index (χ0) is 10.8. The lowest BCUT2D eigenvalue weighted by Crippen LogP contribution is -2.64. The van der Waals surface area contributed by atoms with Crippen LogP contribution in [0.5, 0.6) is 0 Å². The van der Waals surface area contributed by atoms with Crippen LogP contribution in [0.2, 0.25) is 0 Å². The Morgan fingerprint density at radius 3 is 2.21 bits per heavy atom. The summed E-state index contributed by atoms with van der Waals surface area (Å²) < 4.78 is 0. The second-order valence-electron chi connectivity index (χ2n) is 5.51. The van der Waals surface area contributed by atoms with E-state index in [1.165, 1.54) is 12.8 Å². The second kappa shape index (κ2) is 4.63. The first-order chi connectivity index (χ1) is 6.44. The van der Waals surface area contributed by atoms with E-state index in [9.17, 15) is 5.11 Å². The SMILES string of the molecule is CC(C)CCCN1CC(O)(C(C)C)C1. The standard InChI is InChI=1S/C12H25NO/c1-10(2)6-5-7-13-8-12(14,9-13)11(3)4/h10-11,14H,5-9H2,1-4H3. The van der Waals surface area contributed by atoms with Crippen molar-refractivity contribution in [3.8, 4) is 0 Å². The molecule has 1 heterocycles. The predicted octanol–water partition coefficient (Wildman–Crippen LogP) is 2.13. The van der Waals surface area contributed by atoms with Crippen molar-refractivity contribution in [2.45, 2.75) is 46.1 Å². The van der Waals surface area contributed by atoms with Crippen LogP contribution in [0.1, 0.15) is 40.5 Å². The van der Waals surface area contributed by atoms with Crippen molar-refractivity contribution in [2.24, 2.45) is 11.8 Å². The molecule has 0 saturated carbocycles. The van der Waals surface area contributed by atoms with E-state index in [0.717, 1.165) is 25.6 Å². The molecule has 0 amide bonds. The Morgan fingerprint density at radius 2 is 1.79 bits per heavy atom. The molecule has 1 rings (SSSR count). The van der Waals surface area contributed by atoms with Crippen LogP contribution < -0.4 is 0 Å². The number of aliphatic hydroxyl groups is 1. The van der Waals surface area contributed by atoms with E-state index in [-0.39, 0.29) is 0 Å². The third kappa shape index (κ3) is 2.96. The Balaban J connectivity index is 2.10. The van der Waals surface area contributed by atoms with E-state index in [1.54, 1.807) is 0 Å². The molecule has 0 spiro atoms. The van der Waals surface area contributed by atoms with Crippen LogP contribution >= 0.6 is 0 Å². The summed E-state index contributed by atoms with van der Waals surface area (Å²) in [5, 5.41) is 10.0. The molecular formula is C12H25NO. The van der Waals surface area contributed by atoms with Gasteiger partial charge in [-0.05, 0) is 31.2 Å². The molecule has 0 aromatic heterocycles. The fraction of sp³-hybridized carbons (Fsp3) is 1.00. The van der Waals surface area contributed by atoms with Gasteiger partial charge in [-0.2, -0.15) is 0 Å². The van der Waals surface area contributed by atoms with Crippen molar-refractivity contribution in [2.75, 3.05) is 19.6 Å². The lowest BCUT2D eigenvalue weighted by Gasteiger charge is -2.49. The van der Waals surface area contributed by atoms with Gasteiger partial charge in [0.2, 0.25) is 0 Å². The van der Waals surface area contributed by atoms with Crippen LogP contribution in [0.25, 0.3) is 0 Å². The van der Waals surface area contributed by atoms with Gasteiger partial charge in [-0.3, -0.25) is 4.90 Å². The van der Waals surface area contributed by atoms with E-state index in [0.29, 0.717) is 5.92 Å². The van der Waals surface area contributed by atoms with Crippen molar-refractivity contribution >= 4 is 0 Å². The summed E-state index contributed by atoms with van der Waals surface area (Å²) in [5.74, 6) is 1.20. The number of likely N-dealkylation sites (tertiary alicyclic amines) is 1. The zero-order valence-electron chi connectivity index (χ0n) is 10.1. The second-order valence-corrected chi connectivity index (χ2v) is 5.51. The lowest BCUT2D eigenvalue weighted by molar-refractivity contribution is -0.127. The minimum absolute atomic E-state index is 0.391. The molecule has 1 saturated heterocycles. The van der Waals surface area contributed by atoms with Gasteiger partial charge in [-0.25, -0.2) is 0 Å².